The summed E-state index contributed by atoms with van der Waals surface area (Å²) in [5.41, 5.74) is 3.51. The lowest BCUT2D eigenvalue weighted by atomic mass is 9.87. The topological polar surface area (TPSA) is 47.6 Å². The molecule has 4 heteroatoms. The lowest BCUT2D eigenvalue weighted by Gasteiger charge is -2.19. The summed E-state index contributed by atoms with van der Waals surface area (Å²) in [6.07, 6.45) is 0. The van der Waals surface area contributed by atoms with E-state index < -0.39 is 0 Å². The second kappa shape index (κ2) is 10.0. The molecule has 0 aliphatic carbocycles. The molecule has 0 aromatic heterocycles. The van der Waals surface area contributed by atoms with Crippen molar-refractivity contribution in [2.75, 3.05) is 11.9 Å². The number of benzene rings is 4. The van der Waals surface area contributed by atoms with Crippen LogP contribution >= 0.6 is 0 Å². The zero-order valence-electron chi connectivity index (χ0n) is 20.2. The SMILES string of the molecule is CCOc1ccc(C(=O)Nc2cccc3ccccc23)cc1COc1ccc(C(C)(C)C)cc1. The third-order valence-electron chi connectivity index (χ3n) is 5.78. The Balaban J connectivity index is 1.53. The first kappa shape index (κ1) is 23.4. The van der Waals surface area contributed by atoms with E-state index in [2.05, 4.69) is 38.2 Å². The van der Waals surface area contributed by atoms with Gasteiger partial charge in [-0.1, -0.05) is 69.3 Å². The summed E-state index contributed by atoms with van der Waals surface area (Å²) in [6, 6.07) is 27.5. The molecule has 0 aliphatic rings. The van der Waals surface area contributed by atoms with Crippen molar-refractivity contribution < 1.29 is 14.3 Å². The maximum absolute atomic E-state index is 13.1. The Hall–Kier alpha value is -3.79. The van der Waals surface area contributed by atoms with Crippen LogP contribution in [0, 0.1) is 0 Å². The number of amides is 1. The highest BCUT2D eigenvalue weighted by Crippen LogP contribution is 2.27. The molecule has 1 N–H and O–H groups in total. The fourth-order valence-corrected chi connectivity index (χ4v) is 3.87. The number of hydrogen-bond acceptors (Lipinski definition) is 3. The van der Waals surface area contributed by atoms with Gasteiger partial charge in [-0.15, -0.1) is 0 Å². The van der Waals surface area contributed by atoms with Gasteiger partial charge in [-0.05, 0) is 59.7 Å². The molecule has 0 saturated heterocycles. The number of fused-ring (bicyclic) bond motifs is 1. The second-order valence-corrected chi connectivity index (χ2v) is 9.30. The number of hydrogen-bond donors (Lipinski definition) is 1. The van der Waals surface area contributed by atoms with Crippen LogP contribution in [0.5, 0.6) is 11.5 Å². The van der Waals surface area contributed by atoms with Gasteiger partial charge in [0.2, 0.25) is 0 Å². The van der Waals surface area contributed by atoms with Crippen LogP contribution in [0.4, 0.5) is 5.69 Å². The molecule has 4 aromatic rings. The van der Waals surface area contributed by atoms with E-state index in [1.165, 1.54) is 5.56 Å². The van der Waals surface area contributed by atoms with E-state index in [4.69, 9.17) is 9.47 Å². The Kier molecular flexibility index (Phi) is 6.87. The van der Waals surface area contributed by atoms with Gasteiger partial charge in [0, 0.05) is 22.2 Å². The first-order valence-corrected chi connectivity index (χ1v) is 11.6. The molecule has 0 spiro atoms. The van der Waals surface area contributed by atoms with E-state index in [1.54, 1.807) is 6.07 Å². The van der Waals surface area contributed by atoms with E-state index in [0.29, 0.717) is 18.8 Å². The van der Waals surface area contributed by atoms with E-state index in [9.17, 15) is 4.79 Å². The van der Waals surface area contributed by atoms with Crippen molar-refractivity contribution in [3.8, 4) is 11.5 Å². The van der Waals surface area contributed by atoms with Crippen molar-refractivity contribution in [2.45, 2.75) is 39.7 Å². The van der Waals surface area contributed by atoms with Gasteiger partial charge in [0.25, 0.3) is 5.91 Å². The molecule has 34 heavy (non-hydrogen) atoms. The van der Waals surface area contributed by atoms with Crippen molar-refractivity contribution in [1.82, 2.24) is 0 Å². The molecule has 4 nitrogen and oxygen atoms in total. The summed E-state index contributed by atoms with van der Waals surface area (Å²) in [6.45, 7) is 9.34. The number of nitrogens with one attached hydrogen (secondary N) is 1. The highest BCUT2D eigenvalue weighted by Gasteiger charge is 2.15. The monoisotopic (exact) mass is 453 g/mol. The van der Waals surface area contributed by atoms with E-state index in [-0.39, 0.29) is 11.3 Å². The molecule has 4 aromatic carbocycles. The second-order valence-electron chi connectivity index (χ2n) is 9.30. The van der Waals surface area contributed by atoms with Gasteiger partial charge >= 0.3 is 0 Å². The van der Waals surface area contributed by atoms with Crippen molar-refractivity contribution in [1.29, 1.82) is 0 Å². The van der Waals surface area contributed by atoms with Crippen LogP contribution in [0.1, 0.15) is 49.2 Å². The number of carbonyl (C=O) groups is 1. The molecule has 0 unspecified atom stereocenters. The van der Waals surface area contributed by atoms with Crippen molar-refractivity contribution in [2.24, 2.45) is 0 Å². The van der Waals surface area contributed by atoms with Crippen LogP contribution in [0.2, 0.25) is 0 Å². The predicted molar refractivity (Wildman–Crippen MR) is 139 cm³/mol. The lowest BCUT2D eigenvalue weighted by molar-refractivity contribution is 0.102. The molecule has 1 amide bonds. The predicted octanol–water partition coefficient (Wildman–Crippen LogP) is 7.37. The Bertz CT molecular complexity index is 1280. The van der Waals surface area contributed by atoms with Gasteiger partial charge in [0.15, 0.2) is 0 Å². The van der Waals surface area contributed by atoms with Crippen LogP contribution in [0.15, 0.2) is 84.9 Å². The molecule has 0 atom stereocenters. The highest BCUT2D eigenvalue weighted by atomic mass is 16.5. The highest BCUT2D eigenvalue weighted by molar-refractivity contribution is 6.09. The van der Waals surface area contributed by atoms with Gasteiger partial charge in [0.05, 0.1) is 6.61 Å². The number of ether oxygens (including phenoxy) is 2. The minimum Gasteiger partial charge on any atom is -0.493 e. The quantitative estimate of drug-likeness (QED) is 0.318. The third kappa shape index (κ3) is 5.40. The van der Waals surface area contributed by atoms with E-state index in [0.717, 1.165) is 33.5 Å². The first-order valence-electron chi connectivity index (χ1n) is 11.6. The minimum atomic E-state index is -0.171. The Morgan fingerprint density at radius 2 is 1.59 bits per heavy atom. The summed E-state index contributed by atoms with van der Waals surface area (Å²) >= 11 is 0. The van der Waals surface area contributed by atoms with Gasteiger partial charge in [-0.2, -0.15) is 0 Å². The maximum atomic E-state index is 13.1. The summed E-state index contributed by atoms with van der Waals surface area (Å²) in [7, 11) is 0. The zero-order valence-corrected chi connectivity index (χ0v) is 20.2. The molecule has 0 heterocycles. The number of carbonyl (C=O) groups excluding carboxylic acids is 1. The summed E-state index contributed by atoms with van der Waals surface area (Å²) in [5, 5.41) is 5.14. The molecule has 0 bridgehead atoms. The van der Waals surface area contributed by atoms with Gasteiger partial charge < -0.3 is 14.8 Å². The molecule has 4 rings (SSSR count). The van der Waals surface area contributed by atoms with E-state index >= 15 is 0 Å². The molecular weight excluding hydrogens is 422 g/mol. The average molecular weight is 454 g/mol. The molecule has 0 aliphatic heterocycles. The Morgan fingerprint density at radius 3 is 2.32 bits per heavy atom. The molecular formula is C30H31NO3. The van der Waals surface area contributed by atoms with Crippen molar-refractivity contribution >= 4 is 22.4 Å². The lowest BCUT2D eigenvalue weighted by Crippen LogP contribution is -2.13. The summed E-state index contributed by atoms with van der Waals surface area (Å²) < 4.78 is 11.8. The first-order chi connectivity index (χ1) is 16.3. The smallest absolute Gasteiger partial charge is 0.255 e. The third-order valence-corrected chi connectivity index (χ3v) is 5.78. The van der Waals surface area contributed by atoms with Crippen LogP contribution in [-0.2, 0) is 12.0 Å². The Morgan fingerprint density at radius 1 is 0.853 bits per heavy atom. The van der Waals surface area contributed by atoms with Gasteiger partial charge in [-0.25, -0.2) is 0 Å². The maximum Gasteiger partial charge on any atom is 0.255 e. The molecule has 0 radical (unpaired) electrons. The van der Waals surface area contributed by atoms with Crippen LogP contribution in [0.25, 0.3) is 10.8 Å². The van der Waals surface area contributed by atoms with Crippen molar-refractivity contribution in [3.05, 3.63) is 102 Å². The summed E-state index contributed by atoms with van der Waals surface area (Å²) in [4.78, 5) is 13.1. The molecule has 0 saturated carbocycles. The van der Waals surface area contributed by atoms with Gasteiger partial charge in [0.1, 0.15) is 18.1 Å². The van der Waals surface area contributed by atoms with E-state index in [1.807, 2.05) is 73.7 Å². The van der Waals surface area contributed by atoms with Crippen LogP contribution in [-0.4, -0.2) is 12.5 Å². The number of anilines is 1. The molecule has 0 fully saturated rings. The van der Waals surface area contributed by atoms with Gasteiger partial charge in [-0.3, -0.25) is 4.79 Å². The molecule has 174 valence electrons. The van der Waals surface area contributed by atoms with Crippen LogP contribution in [0.3, 0.4) is 0 Å². The average Bonchev–Trinajstić information content (AvgIpc) is 2.83. The summed E-state index contributed by atoms with van der Waals surface area (Å²) in [5.74, 6) is 1.33. The zero-order chi connectivity index (χ0) is 24.1. The minimum absolute atomic E-state index is 0.0897. The standard InChI is InChI=1S/C30H31NO3/c1-5-33-28-18-13-22(29(32)31-27-12-8-10-21-9-6-7-11-26(21)27)19-23(28)20-34-25-16-14-24(15-17-25)30(2,3)4/h6-19H,5,20H2,1-4H3,(H,31,32). The normalized spacial score (nSPS) is 11.3. The van der Waals surface area contributed by atoms with Crippen molar-refractivity contribution in [3.63, 3.8) is 0 Å². The largest absolute Gasteiger partial charge is 0.493 e. The fourth-order valence-electron chi connectivity index (χ4n) is 3.87. The Labute approximate surface area is 201 Å². The van der Waals surface area contributed by atoms with Crippen LogP contribution < -0.4 is 14.8 Å². The number of rotatable bonds is 7. The fraction of sp³-hybridized carbons (Fsp3) is 0.233.